The van der Waals surface area contributed by atoms with Crippen molar-refractivity contribution >= 4 is 21.7 Å². The van der Waals surface area contributed by atoms with Crippen LogP contribution in [0.5, 0.6) is 11.5 Å². The highest BCUT2D eigenvalue weighted by molar-refractivity contribution is 9.10. The molecule has 0 aliphatic carbocycles. The van der Waals surface area contributed by atoms with Crippen LogP contribution in [0.2, 0.25) is 0 Å². The van der Waals surface area contributed by atoms with E-state index in [4.69, 9.17) is 9.47 Å². The quantitative estimate of drug-likeness (QED) is 0.572. The molecule has 2 aromatic carbocycles. The summed E-state index contributed by atoms with van der Waals surface area (Å²) in [5, 5.41) is 0. The van der Waals surface area contributed by atoms with E-state index in [1.807, 2.05) is 43.3 Å². The van der Waals surface area contributed by atoms with Gasteiger partial charge in [0.2, 0.25) is 0 Å². The van der Waals surface area contributed by atoms with E-state index < -0.39 is 0 Å². The first-order valence-corrected chi connectivity index (χ1v) is 7.48. The fourth-order valence-corrected chi connectivity index (χ4v) is 2.28. The SMILES string of the molecule is CC(=O)c1ccc(OCCOc2cccc(Br)c2)c(C)c1. The van der Waals surface area contributed by atoms with Crippen LogP contribution in [0.3, 0.4) is 0 Å². The third kappa shape index (κ3) is 4.60. The number of halogens is 1. The maximum Gasteiger partial charge on any atom is 0.159 e. The molecule has 110 valence electrons. The Bertz CT molecular complexity index is 638. The standard InChI is InChI=1S/C17H17BrO3/c1-12-10-14(13(2)19)6-7-17(12)21-9-8-20-16-5-3-4-15(18)11-16/h3-7,10-11H,8-9H2,1-2H3. The van der Waals surface area contributed by atoms with Gasteiger partial charge in [0.05, 0.1) is 0 Å². The number of benzene rings is 2. The molecule has 0 heterocycles. The predicted octanol–water partition coefficient (Wildman–Crippen LogP) is 4.42. The first-order chi connectivity index (χ1) is 10.1. The Morgan fingerprint density at radius 3 is 2.52 bits per heavy atom. The molecular formula is C17H17BrO3. The van der Waals surface area contributed by atoms with Gasteiger partial charge in [0, 0.05) is 10.0 Å². The topological polar surface area (TPSA) is 35.5 Å². The molecule has 0 aliphatic heterocycles. The third-order valence-corrected chi connectivity index (χ3v) is 3.48. The van der Waals surface area contributed by atoms with Gasteiger partial charge in [-0.05, 0) is 55.8 Å². The lowest BCUT2D eigenvalue weighted by atomic mass is 10.1. The molecule has 21 heavy (non-hydrogen) atoms. The molecule has 0 saturated heterocycles. The van der Waals surface area contributed by atoms with Crippen LogP contribution in [0.4, 0.5) is 0 Å². The van der Waals surface area contributed by atoms with Crippen molar-refractivity contribution in [2.24, 2.45) is 0 Å². The maximum atomic E-state index is 11.3. The summed E-state index contributed by atoms with van der Waals surface area (Å²) in [5.41, 5.74) is 1.65. The Kier molecular flexibility index (Phi) is 5.39. The number of hydrogen-bond acceptors (Lipinski definition) is 3. The number of carbonyl (C=O) groups is 1. The van der Waals surface area contributed by atoms with Gasteiger partial charge >= 0.3 is 0 Å². The Balaban J connectivity index is 1.85. The van der Waals surface area contributed by atoms with Crippen molar-refractivity contribution in [1.82, 2.24) is 0 Å². The van der Waals surface area contributed by atoms with E-state index in [9.17, 15) is 4.79 Å². The van der Waals surface area contributed by atoms with E-state index in [-0.39, 0.29) is 5.78 Å². The van der Waals surface area contributed by atoms with Crippen molar-refractivity contribution in [3.8, 4) is 11.5 Å². The fraction of sp³-hybridized carbons (Fsp3) is 0.235. The Morgan fingerprint density at radius 2 is 1.86 bits per heavy atom. The molecule has 0 fully saturated rings. The van der Waals surface area contributed by atoms with Crippen molar-refractivity contribution < 1.29 is 14.3 Å². The third-order valence-electron chi connectivity index (χ3n) is 2.99. The van der Waals surface area contributed by atoms with E-state index in [1.165, 1.54) is 0 Å². The first-order valence-electron chi connectivity index (χ1n) is 6.69. The molecule has 0 radical (unpaired) electrons. The summed E-state index contributed by atoms with van der Waals surface area (Å²) in [6, 6.07) is 13.1. The second-order valence-electron chi connectivity index (χ2n) is 4.69. The molecule has 2 rings (SSSR count). The molecule has 0 saturated carbocycles. The maximum absolute atomic E-state index is 11.3. The predicted molar refractivity (Wildman–Crippen MR) is 86.3 cm³/mol. The highest BCUT2D eigenvalue weighted by Crippen LogP contribution is 2.20. The van der Waals surface area contributed by atoms with Crippen LogP contribution in [-0.2, 0) is 0 Å². The molecule has 0 spiro atoms. The van der Waals surface area contributed by atoms with E-state index in [0.717, 1.165) is 21.5 Å². The number of hydrogen-bond donors (Lipinski definition) is 0. The minimum Gasteiger partial charge on any atom is -0.490 e. The molecule has 0 N–H and O–H groups in total. The molecule has 0 aliphatic rings. The van der Waals surface area contributed by atoms with Gasteiger partial charge in [-0.3, -0.25) is 4.79 Å². The minimum atomic E-state index is 0.0580. The highest BCUT2D eigenvalue weighted by Gasteiger charge is 2.04. The monoisotopic (exact) mass is 348 g/mol. The summed E-state index contributed by atoms with van der Waals surface area (Å²) >= 11 is 3.40. The number of ether oxygens (including phenoxy) is 2. The van der Waals surface area contributed by atoms with Gasteiger partial charge in [-0.2, -0.15) is 0 Å². The van der Waals surface area contributed by atoms with Crippen molar-refractivity contribution in [2.45, 2.75) is 13.8 Å². The zero-order valence-electron chi connectivity index (χ0n) is 12.1. The van der Waals surface area contributed by atoms with E-state index in [2.05, 4.69) is 15.9 Å². The largest absolute Gasteiger partial charge is 0.490 e. The molecule has 3 nitrogen and oxygen atoms in total. The first kappa shape index (κ1) is 15.6. The van der Waals surface area contributed by atoms with Crippen LogP contribution in [-0.4, -0.2) is 19.0 Å². The second-order valence-corrected chi connectivity index (χ2v) is 5.61. The van der Waals surface area contributed by atoms with Gasteiger partial charge in [-0.1, -0.05) is 22.0 Å². The Hall–Kier alpha value is -1.81. The van der Waals surface area contributed by atoms with E-state index in [0.29, 0.717) is 18.8 Å². The summed E-state index contributed by atoms with van der Waals surface area (Å²) < 4.78 is 12.3. The number of rotatable bonds is 6. The lowest BCUT2D eigenvalue weighted by Gasteiger charge is -2.11. The van der Waals surface area contributed by atoms with Gasteiger partial charge in [0.1, 0.15) is 24.7 Å². The molecule has 4 heteroatoms. The van der Waals surface area contributed by atoms with Gasteiger partial charge in [0.25, 0.3) is 0 Å². The average Bonchev–Trinajstić information content (AvgIpc) is 2.45. The summed E-state index contributed by atoms with van der Waals surface area (Å²) in [5.74, 6) is 1.64. The normalized spacial score (nSPS) is 10.2. The molecule has 0 aromatic heterocycles. The average molecular weight is 349 g/mol. The molecule has 0 bridgehead atoms. The van der Waals surface area contributed by atoms with Crippen LogP contribution >= 0.6 is 15.9 Å². The second kappa shape index (κ2) is 7.27. The molecule has 0 atom stereocenters. The van der Waals surface area contributed by atoms with Crippen molar-refractivity contribution in [3.63, 3.8) is 0 Å². The van der Waals surface area contributed by atoms with E-state index >= 15 is 0 Å². The van der Waals surface area contributed by atoms with Gasteiger partial charge in [-0.15, -0.1) is 0 Å². The van der Waals surface area contributed by atoms with Crippen molar-refractivity contribution in [1.29, 1.82) is 0 Å². The Labute approximate surface area is 133 Å². The van der Waals surface area contributed by atoms with Crippen molar-refractivity contribution in [2.75, 3.05) is 13.2 Å². The zero-order valence-corrected chi connectivity index (χ0v) is 13.6. The summed E-state index contributed by atoms with van der Waals surface area (Å²) in [7, 11) is 0. The zero-order chi connectivity index (χ0) is 15.2. The van der Waals surface area contributed by atoms with Gasteiger partial charge < -0.3 is 9.47 Å². The summed E-state index contributed by atoms with van der Waals surface area (Å²) in [4.78, 5) is 11.3. The Morgan fingerprint density at radius 1 is 1.10 bits per heavy atom. The van der Waals surface area contributed by atoms with Crippen LogP contribution in [0, 0.1) is 6.92 Å². The summed E-state index contributed by atoms with van der Waals surface area (Å²) in [6.45, 7) is 4.40. The fourth-order valence-electron chi connectivity index (χ4n) is 1.90. The van der Waals surface area contributed by atoms with Crippen LogP contribution in [0.25, 0.3) is 0 Å². The van der Waals surface area contributed by atoms with E-state index in [1.54, 1.807) is 13.0 Å². The van der Waals surface area contributed by atoms with Crippen molar-refractivity contribution in [3.05, 3.63) is 58.1 Å². The van der Waals surface area contributed by atoms with Gasteiger partial charge in [0.15, 0.2) is 5.78 Å². The lowest BCUT2D eigenvalue weighted by Crippen LogP contribution is -2.09. The molecular weight excluding hydrogens is 332 g/mol. The van der Waals surface area contributed by atoms with Gasteiger partial charge in [-0.25, -0.2) is 0 Å². The number of Topliss-reactive ketones (excluding diaryl/α,β-unsaturated/α-hetero) is 1. The minimum absolute atomic E-state index is 0.0580. The number of aryl methyl sites for hydroxylation is 1. The van der Waals surface area contributed by atoms with Crippen LogP contribution in [0.1, 0.15) is 22.8 Å². The molecule has 2 aromatic rings. The molecule has 0 unspecified atom stereocenters. The lowest BCUT2D eigenvalue weighted by molar-refractivity contribution is 0.101. The smallest absolute Gasteiger partial charge is 0.159 e. The highest BCUT2D eigenvalue weighted by atomic mass is 79.9. The van der Waals surface area contributed by atoms with Crippen LogP contribution < -0.4 is 9.47 Å². The number of carbonyl (C=O) groups excluding carboxylic acids is 1. The van der Waals surface area contributed by atoms with Crippen LogP contribution in [0.15, 0.2) is 46.9 Å². The molecule has 0 amide bonds. The number of ketones is 1. The summed E-state index contributed by atoms with van der Waals surface area (Å²) in [6.07, 6.45) is 0.